The smallest absolute Gasteiger partial charge is 0.221 e. The van der Waals surface area contributed by atoms with Crippen molar-refractivity contribution < 1.29 is 9.53 Å². The molecule has 0 unspecified atom stereocenters. The Bertz CT molecular complexity index is 644. The van der Waals surface area contributed by atoms with E-state index in [9.17, 15) is 4.79 Å². The molecule has 3 nitrogen and oxygen atoms in total. The zero-order valence-electron chi connectivity index (χ0n) is 9.78. The van der Waals surface area contributed by atoms with Crippen molar-refractivity contribution in [1.82, 2.24) is 4.98 Å². The number of methoxy groups -OCH3 is 1. The molecule has 0 aliphatic carbocycles. The Morgan fingerprint density at radius 2 is 1.89 bits per heavy atom. The Labute approximate surface area is 125 Å². The second-order valence-electron chi connectivity index (χ2n) is 3.63. The van der Waals surface area contributed by atoms with E-state index in [0.29, 0.717) is 33.9 Å². The molecule has 6 heteroatoms. The van der Waals surface area contributed by atoms with Gasteiger partial charge in [0.1, 0.15) is 0 Å². The zero-order valence-corrected chi connectivity index (χ0v) is 12.1. The minimum atomic E-state index is 0.226. The number of rotatable bonds is 3. The van der Waals surface area contributed by atoms with E-state index in [1.165, 1.54) is 13.3 Å². The second-order valence-corrected chi connectivity index (χ2v) is 4.79. The highest BCUT2D eigenvalue weighted by atomic mass is 35.5. The molecule has 0 radical (unpaired) electrons. The van der Waals surface area contributed by atoms with E-state index in [1.54, 1.807) is 18.2 Å². The molecule has 0 amide bonds. The highest BCUT2D eigenvalue weighted by Gasteiger charge is 2.18. The van der Waals surface area contributed by atoms with Crippen LogP contribution < -0.4 is 4.74 Å². The van der Waals surface area contributed by atoms with Gasteiger partial charge in [-0.05, 0) is 12.1 Å². The minimum Gasteiger partial charge on any atom is -0.481 e. The Balaban J connectivity index is 2.78. The van der Waals surface area contributed by atoms with Crippen molar-refractivity contribution in [2.24, 2.45) is 0 Å². The van der Waals surface area contributed by atoms with E-state index in [0.717, 1.165) is 0 Å². The zero-order chi connectivity index (χ0) is 14.0. The Morgan fingerprint density at radius 3 is 2.53 bits per heavy atom. The predicted octanol–water partition coefficient (Wildman–Crippen LogP) is 4.53. The van der Waals surface area contributed by atoms with Crippen LogP contribution >= 0.6 is 34.8 Å². The number of aldehydes is 1. The molecule has 0 fully saturated rings. The first-order valence-corrected chi connectivity index (χ1v) is 6.35. The molecule has 0 N–H and O–H groups in total. The summed E-state index contributed by atoms with van der Waals surface area (Å²) < 4.78 is 5.16. The molecular weight excluding hydrogens is 309 g/mol. The van der Waals surface area contributed by atoms with Gasteiger partial charge in [0, 0.05) is 17.3 Å². The third-order valence-corrected chi connectivity index (χ3v) is 3.87. The van der Waals surface area contributed by atoms with Crippen LogP contribution in [0.3, 0.4) is 0 Å². The average molecular weight is 317 g/mol. The van der Waals surface area contributed by atoms with Crippen molar-refractivity contribution in [3.63, 3.8) is 0 Å². The predicted molar refractivity (Wildman–Crippen MR) is 76.6 cm³/mol. The topological polar surface area (TPSA) is 39.2 Å². The Hall–Kier alpha value is -1.29. The van der Waals surface area contributed by atoms with Crippen molar-refractivity contribution in [2.45, 2.75) is 0 Å². The molecule has 0 atom stereocenters. The van der Waals surface area contributed by atoms with Crippen molar-refractivity contribution in [3.8, 4) is 17.0 Å². The maximum absolute atomic E-state index is 11.1. The van der Waals surface area contributed by atoms with Crippen LogP contribution in [0.2, 0.25) is 15.1 Å². The highest BCUT2D eigenvalue weighted by Crippen LogP contribution is 2.41. The minimum absolute atomic E-state index is 0.226. The van der Waals surface area contributed by atoms with Crippen molar-refractivity contribution in [3.05, 3.63) is 45.0 Å². The number of hydrogen-bond acceptors (Lipinski definition) is 3. The summed E-state index contributed by atoms with van der Waals surface area (Å²) >= 11 is 18.1. The van der Waals surface area contributed by atoms with Gasteiger partial charge in [-0.3, -0.25) is 4.79 Å². The molecule has 2 aromatic rings. The van der Waals surface area contributed by atoms with Gasteiger partial charge in [-0.15, -0.1) is 0 Å². The monoisotopic (exact) mass is 315 g/mol. The van der Waals surface area contributed by atoms with Crippen LogP contribution in [0.5, 0.6) is 5.88 Å². The molecule has 0 bridgehead atoms. The number of aromatic nitrogens is 1. The number of carbonyl (C=O) groups excluding carboxylic acids is 1. The summed E-state index contributed by atoms with van der Waals surface area (Å²) in [6.07, 6.45) is 2.19. The van der Waals surface area contributed by atoms with Gasteiger partial charge in [0.15, 0.2) is 6.29 Å². The van der Waals surface area contributed by atoms with Gasteiger partial charge in [-0.1, -0.05) is 40.9 Å². The molecule has 0 saturated heterocycles. The second kappa shape index (κ2) is 5.78. The molecule has 0 spiro atoms. The quantitative estimate of drug-likeness (QED) is 0.617. The summed E-state index contributed by atoms with van der Waals surface area (Å²) in [6.45, 7) is 0. The summed E-state index contributed by atoms with van der Waals surface area (Å²) in [5, 5.41) is 0.818. The van der Waals surface area contributed by atoms with E-state index in [2.05, 4.69) is 4.98 Å². The maximum Gasteiger partial charge on any atom is 0.221 e. The van der Waals surface area contributed by atoms with Gasteiger partial charge in [-0.2, -0.15) is 0 Å². The fraction of sp³-hybridized carbons (Fsp3) is 0.0769. The SMILES string of the molecule is COc1nccc(C=O)c1-c1ccc(Cl)c(Cl)c1Cl. The Kier molecular flexibility index (Phi) is 4.30. The first-order chi connectivity index (χ1) is 9.10. The summed E-state index contributed by atoms with van der Waals surface area (Å²) in [4.78, 5) is 15.2. The lowest BCUT2D eigenvalue weighted by atomic mass is 10.0. The van der Waals surface area contributed by atoms with Crippen LogP contribution in [0.15, 0.2) is 24.4 Å². The maximum atomic E-state index is 11.1. The number of ether oxygens (including phenoxy) is 1. The lowest BCUT2D eigenvalue weighted by Gasteiger charge is -2.12. The normalized spacial score (nSPS) is 10.3. The van der Waals surface area contributed by atoms with Gasteiger partial charge in [0.05, 0.1) is 27.7 Å². The van der Waals surface area contributed by atoms with Crippen LogP contribution in [-0.4, -0.2) is 18.4 Å². The number of carbonyl (C=O) groups is 1. The lowest BCUT2D eigenvalue weighted by molar-refractivity contribution is 0.112. The summed E-state index contributed by atoms with van der Waals surface area (Å²) in [5.74, 6) is 0.296. The molecule has 0 saturated carbocycles. The molecule has 0 aliphatic rings. The molecular formula is C13H8Cl3NO2. The van der Waals surface area contributed by atoms with Crippen LogP contribution in [0.25, 0.3) is 11.1 Å². The number of pyridine rings is 1. The lowest BCUT2D eigenvalue weighted by Crippen LogP contribution is -1.97. The first kappa shape index (κ1) is 14.1. The average Bonchev–Trinajstić information content (AvgIpc) is 2.44. The van der Waals surface area contributed by atoms with E-state index in [-0.39, 0.29) is 10.0 Å². The number of nitrogens with zero attached hydrogens (tertiary/aromatic N) is 1. The summed E-state index contributed by atoms with van der Waals surface area (Å²) in [7, 11) is 1.46. The van der Waals surface area contributed by atoms with E-state index in [1.807, 2.05) is 0 Å². The van der Waals surface area contributed by atoms with Gasteiger partial charge >= 0.3 is 0 Å². The fourth-order valence-corrected chi connectivity index (χ4v) is 2.33. The van der Waals surface area contributed by atoms with E-state index in [4.69, 9.17) is 39.5 Å². The first-order valence-electron chi connectivity index (χ1n) is 5.22. The van der Waals surface area contributed by atoms with Crippen molar-refractivity contribution >= 4 is 41.1 Å². The number of hydrogen-bond donors (Lipinski definition) is 0. The van der Waals surface area contributed by atoms with Gasteiger partial charge in [0.25, 0.3) is 0 Å². The van der Waals surface area contributed by atoms with Gasteiger partial charge < -0.3 is 4.74 Å². The van der Waals surface area contributed by atoms with Gasteiger partial charge in [0.2, 0.25) is 5.88 Å². The fourth-order valence-electron chi connectivity index (χ4n) is 1.70. The summed E-state index contributed by atoms with van der Waals surface area (Å²) in [6, 6.07) is 4.85. The Morgan fingerprint density at radius 1 is 1.16 bits per heavy atom. The van der Waals surface area contributed by atoms with Crippen LogP contribution in [-0.2, 0) is 0 Å². The van der Waals surface area contributed by atoms with Crippen molar-refractivity contribution in [2.75, 3.05) is 7.11 Å². The molecule has 1 aromatic carbocycles. The third kappa shape index (κ3) is 2.54. The van der Waals surface area contributed by atoms with E-state index >= 15 is 0 Å². The molecule has 1 heterocycles. The molecule has 98 valence electrons. The van der Waals surface area contributed by atoms with Crippen LogP contribution in [0.1, 0.15) is 10.4 Å². The van der Waals surface area contributed by atoms with E-state index < -0.39 is 0 Å². The molecule has 19 heavy (non-hydrogen) atoms. The number of benzene rings is 1. The standard InChI is InChI=1S/C13H8Cl3NO2/c1-19-13-10(7(6-18)4-5-17-13)8-2-3-9(14)12(16)11(8)15/h2-6H,1H3. The highest BCUT2D eigenvalue weighted by molar-refractivity contribution is 6.49. The summed E-state index contributed by atoms with van der Waals surface area (Å²) in [5.41, 5.74) is 1.44. The van der Waals surface area contributed by atoms with Crippen LogP contribution in [0.4, 0.5) is 0 Å². The largest absolute Gasteiger partial charge is 0.481 e. The van der Waals surface area contributed by atoms with Crippen LogP contribution in [0, 0.1) is 0 Å². The van der Waals surface area contributed by atoms with Crippen molar-refractivity contribution in [1.29, 1.82) is 0 Å². The van der Waals surface area contributed by atoms with Gasteiger partial charge in [-0.25, -0.2) is 4.98 Å². The molecule has 0 aliphatic heterocycles. The number of halogens is 3. The molecule has 2 rings (SSSR count). The third-order valence-electron chi connectivity index (χ3n) is 2.57. The molecule has 1 aromatic heterocycles.